The Labute approximate surface area is 148 Å². The lowest BCUT2D eigenvalue weighted by Crippen LogP contribution is -2.12. The normalized spacial score (nSPS) is 10.3. The molecule has 2 aromatic carbocycles. The van der Waals surface area contributed by atoms with Gasteiger partial charge in [0.1, 0.15) is 11.6 Å². The number of benzene rings is 2. The fraction of sp³-hybridized carbons (Fsp3) is 0.0526. The van der Waals surface area contributed by atoms with E-state index in [0.717, 1.165) is 17.8 Å². The van der Waals surface area contributed by atoms with Crippen LogP contribution in [0.15, 0.2) is 60.8 Å². The molecule has 0 bridgehead atoms. The van der Waals surface area contributed by atoms with Gasteiger partial charge in [0, 0.05) is 18.0 Å². The Bertz CT molecular complexity index is 930. The molecule has 7 heteroatoms. The van der Waals surface area contributed by atoms with Gasteiger partial charge in [0.2, 0.25) is 0 Å². The monoisotopic (exact) mass is 355 g/mol. The first-order chi connectivity index (χ1) is 12.6. The maximum atomic E-state index is 13.2. The fourth-order valence-corrected chi connectivity index (χ4v) is 2.27. The van der Waals surface area contributed by atoms with Crippen LogP contribution in [0.4, 0.5) is 26.0 Å². The minimum atomic E-state index is -1.03. The van der Waals surface area contributed by atoms with Crippen LogP contribution in [0.3, 0.4) is 0 Å². The van der Waals surface area contributed by atoms with Crippen LogP contribution in [0.1, 0.15) is 10.4 Å². The highest BCUT2D eigenvalue weighted by atomic mass is 19.2. The number of nitrogens with one attached hydrogen (secondary N) is 2. The van der Waals surface area contributed by atoms with Gasteiger partial charge in [-0.1, -0.05) is 12.1 Å². The molecule has 0 fully saturated rings. The van der Waals surface area contributed by atoms with Crippen LogP contribution in [-0.2, 0) is 0 Å². The summed E-state index contributed by atoms with van der Waals surface area (Å²) >= 11 is 0. The maximum Gasteiger partial charge on any atom is 0.257 e. The maximum absolute atomic E-state index is 13.2. The predicted octanol–water partition coefficient (Wildman–Crippen LogP) is 4.36. The van der Waals surface area contributed by atoms with E-state index in [2.05, 4.69) is 15.6 Å². The lowest BCUT2D eigenvalue weighted by molar-refractivity contribution is 0.102. The number of para-hydroxylation sites is 2. The highest BCUT2D eigenvalue weighted by Crippen LogP contribution is 2.26. The molecule has 0 aliphatic rings. The molecule has 26 heavy (non-hydrogen) atoms. The molecule has 0 saturated carbocycles. The number of anilines is 3. The second-order valence-electron chi connectivity index (χ2n) is 5.34. The molecule has 0 radical (unpaired) electrons. The number of pyridine rings is 1. The summed E-state index contributed by atoms with van der Waals surface area (Å²) in [6.07, 6.45) is 1.38. The summed E-state index contributed by atoms with van der Waals surface area (Å²) in [6, 6.07) is 13.7. The minimum Gasteiger partial charge on any atom is -0.495 e. The van der Waals surface area contributed by atoms with Crippen LogP contribution in [0.2, 0.25) is 0 Å². The molecular formula is C19H15F2N3O2. The number of carbonyl (C=O) groups is 1. The number of aromatic nitrogens is 1. The Kier molecular flexibility index (Phi) is 5.07. The van der Waals surface area contributed by atoms with Crippen molar-refractivity contribution in [1.82, 2.24) is 4.98 Å². The number of methoxy groups -OCH3 is 1. The van der Waals surface area contributed by atoms with Gasteiger partial charge in [-0.25, -0.2) is 13.8 Å². The molecule has 3 aromatic rings. The molecule has 1 aromatic heterocycles. The number of hydrogen-bond donors (Lipinski definition) is 2. The molecule has 132 valence electrons. The predicted molar refractivity (Wildman–Crippen MR) is 94.8 cm³/mol. The second-order valence-corrected chi connectivity index (χ2v) is 5.34. The average molecular weight is 355 g/mol. The summed E-state index contributed by atoms with van der Waals surface area (Å²) in [6.45, 7) is 0. The highest BCUT2D eigenvalue weighted by Gasteiger charge is 2.10. The highest BCUT2D eigenvalue weighted by molar-refractivity contribution is 6.04. The number of rotatable bonds is 5. The van der Waals surface area contributed by atoms with Gasteiger partial charge in [-0.05, 0) is 36.4 Å². The third-order valence-corrected chi connectivity index (χ3v) is 3.57. The molecule has 0 saturated heterocycles. The van der Waals surface area contributed by atoms with Gasteiger partial charge in [-0.15, -0.1) is 0 Å². The zero-order chi connectivity index (χ0) is 18.5. The Morgan fingerprint density at radius 3 is 2.54 bits per heavy atom. The average Bonchev–Trinajstić information content (AvgIpc) is 2.66. The molecule has 0 aliphatic heterocycles. The standard InChI is InChI=1S/C19H15F2N3O2/c1-26-17-5-3-2-4-16(17)24-18-9-6-12(11-22-18)19(25)23-13-7-8-14(20)15(21)10-13/h2-11H,1H3,(H,22,24)(H,23,25). The van der Waals surface area contributed by atoms with Gasteiger partial charge < -0.3 is 15.4 Å². The number of ether oxygens (including phenoxy) is 1. The summed E-state index contributed by atoms with van der Waals surface area (Å²) < 4.78 is 31.4. The van der Waals surface area contributed by atoms with Crippen molar-refractivity contribution in [2.24, 2.45) is 0 Å². The van der Waals surface area contributed by atoms with E-state index in [1.54, 1.807) is 19.2 Å². The van der Waals surface area contributed by atoms with E-state index in [-0.39, 0.29) is 11.3 Å². The van der Waals surface area contributed by atoms with Gasteiger partial charge in [0.25, 0.3) is 5.91 Å². The minimum absolute atomic E-state index is 0.158. The Morgan fingerprint density at radius 2 is 1.85 bits per heavy atom. The first kappa shape index (κ1) is 17.3. The first-order valence-corrected chi connectivity index (χ1v) is 7.69. The number of hydrogen-bond acceptors (Lipinski definition) is 4. The number of nitrogens with zero attached hydrogens (tertiary/aromatic N) is 1. The quantitative estimate of drug-likeness (QED) is 0.714. The first-order valence-electron chi connectivity index (χ1n) is 7.69. The van der Waals surface area contributed by atoms with Crippen molar-refractivity contribution in [2.75, 3.05) is 17.7 Å². The van der Waals surface area contributed by atoms with Gasteiger partial charge in [-0.3, -0.25) is 4.79 Å². The van der Waals surface area contributed by atoms with Gasteiger partial charge in [-0.2, -0.15) is 0 Å². The molecule has 0 spiro atoms. The summed E-state index contributed by atoms with van der Waals surface area (Å²) in [5.41, 5.74) is 1.17. The van der Waals surface area contributed by atoms with Gasteiger partial charge >= 0.3 is 0 Å². The van der Waals surface area contributed by atoms with E-state index in [1.807, 2.05) is 24.3 Å². The molecule has 0 aliphatic carbocycles. The molecule has 5 nitrogen and oxygen atoms in total. The number of amides is 1. The van der Waals surface area contributed by atoms with Gasteiger partial charge in [0.05, 0.1) is 18.4 Å². The van der Waals surface area contributed by atoms with Crippen LogP contribution in [-0.4, -0.2) is 18.0 Å². The van der Waals surface area contributed by atoms with Crippen LogP contribution in [0.25, 0.3) is 0 Å². The van der Waals surface area contributed by atoms with Crippen molar-refractivity contribution in [3.63, 3.8) is 0 Å². The summed E-state index contributed by atoms with van der Waals surface area (Å²) in [5.74, 6) is -1.30. The van der Waals surface area contributed by atoms with Crippen molar-refractivity contribution in [3.8, 4) is 5.75 Å². The Hall–Kier alpha value is -3.48. The SMILES string of the molecule is COc1ccccc1Nc1ccc(C(=O)Nc2ccc(F)c(F)c2)cn1. The molecule has 1 heterocycles. The molecule has 0 unspecified atom stereocenters. The third kappa shape index (κ3) is 3.94. The topological polar surface area (TPSA) is 63.2 Å². The largest absolute Gasteiger partial charge is 0.495 e. The molecule has 1 amide bonds. The fourth-order valence-electron chi connectivity index (χ4n) is 2.27. The zero-order valence-corrected chi connectivity index (χ0v) is 13.8. The van der Waals surface area contributed by atoms with Crippen LogP contribution in [0, 0.1) is 11.6 Å². The van der Waals surface area contributed by atoms with Crippen LogP contribution < -0.4 is 15.4 Å². The van der Waals surface area contributed by atoms with Crippen molar-refractivity contribution >= 4 is 23.1 Å². The molecular weight excluding hydrogens is 340 g/mol. The van der Waals surface area contributed by atoms with E-state index in [0.29, 0.717) is 11.6 Å². The molecule has 0 atom stereocenters. The zero-order valence-electron chi connectivity index (χ0n) is 13.8. The molecule has 3 rings (SSSR count). The lowest BCUT2D eigenvalue weighted by Gasteiger charge is -2.10. The number of carbonyl (C=O) groups excluding carboxylic acids is 1. The summed E-state index contributed by atoms with van der Waals surface area (Å²) in [4.78, 5) is 16.4. The smallest absolute Gasteiger partial charge is 0.257 e. The second kappa shape index (κ2) is 7.60. The lowest BCUT2D eigenvalue weighted by atomic mass is 10.2. The van der Waals surface area contributed by atoms with E-state index in [1.165, 1.54) is 12.3 Å². The van der Waals surface area contributed by atoms with E-state index in [4.69, 9.17) is 4.74 Å². The summed E-state index contributed by atoms with van der Waals surface area (Å²) in [5, 5.41) is 5.58. The Balaban J connectivity index is 1.70. The Morgan fingerprint density at radius 1 is 1.04 bits per heavy atom. The van der Waals surface area contributed by atoms with Crippen molar-refractivity contribution in [3.05, 3.63) is 78.0 Å². The van der Waals surface area contributed by atoms with Crippen molar-refractivity contribution in [1.29, 1.82) is 0 Å². The van der Waals surface area contributed by atoms with Crippen molar-refractivity contribution < 1.29 is 18.3 Å². The van der Waals surface area contributed by atoms with E-state index >= 15 is 0 Å². The number of halogens is 2. The van der Waals surface area contributed by atoms with Crippen molar-refractivity contribution in [2.45, 2.75) is 0 Å². The summed E-state index contributed by atoms with van der Waals surface area (Å²) in [7, 11) is 1.57. The molecule has 2 N–H and O–H groups in total. The third-order valence-electron chi connectivity index (χ3n) is 3.57. The van der Waals surface area contributed by atoms with Crippen LogP contribution in [0.5, 0.6) is 5.75 Å². The van der Waals surface area contributed by atoms with E-state index < -0.39 is 17.5 Å². The van der Waals surface area contributed by atoms with Gasteiger partial charge in [0.15, 0.2) is 11.6 Å². The van der Waals surface area contributed by atoms with E-state index in [9.17, 15) is 13.6 Å². The van der Waals surface area contributed by atoms with Crippen LogP contribution >= 0.6 is 0 Å².